The molecule has 0 aromatic heterocycles. The van der Waals surface area contributed by atoms with Gasteiger partial charge < -0.3 is 15.4 Å². The second kappa shape index (κ2) is 8.89. The number of ether oxygens (including phenoxy) is 1. The number of para-hydroxylation sites is 1. The number of nitrogens with zero attached hydrogens (tertiary/aromatic N) is 2. The van der Waals surface area contributed by atoms with Gasteiger partial charge in [-0.3, -0.25) is 4.99 Å². The summed E-state index contributed by atoms with van der Waals surface area (Å²) in [6.07, 6.45) is 0.497. The maximum absolute atomic E-state index is 12.2. The Morgan fingerprint density at radius 1 is 1.37 bits per heavy atom. The summed E-state index contributed by atoms with van der Waals surface area (Å²) in [5, 5.41) is 0. The third-order valence-corrected chi connectivity index (χ3v) is 2.30. The first kappa shape index (κ1) is 17.9. The van der Waals surface area contributed by atoms with Crippen LogP contribution in [0.4, 0.5) is 8.78 Å². The topological polar surface area (TPSA) is 50.8 Å². The first-order valence-corrected chi connectivity index (χ1v) is 5.50. The van der Waals surface area contributed by atoms with Crippen LogP contribution >= 0.6 is 24.0 Å². The van der Waals surface area contributed by atoms with Crippen LogP contribution in [0.5, 0.6) is 5.75 Å². The lowest BCUT2D eigenvalue weighted by Crippen LogP contribution is -2.30. The molecule has 1 aromatic rings. The van der Waals surface area contributed by atoms with E-state index in [0.717, 1.165) is 0 Å². The van der Waals surface area contributed by atoms with Crippen LogP contribution in [0.15, 0.2) is 29.3 Å². The fourth-order valence-electron chi connectivity index (χ4n) is 1.35. The predicted octanol–water partition coefficient (Wildman–Crippen LogP) is 2.32. The van der Waals surface area contributed by atoms with E-state index in [1.165, 1.54) is 6.07 Å². The summed E-state index contributed by atoms with van der Waals surface area (Å²) in [5.74, 6) is 0.591. The normalized spacial score (nSPS) is 11.1. The number of halogens is 3. The first-order chi connectivity index (χ1) is 8.50. The van der Waals surface area contributed by atoms with Gasteiger partial charge in [-0.05, 0) is 18.1 Å². The number of nitrogens with two attached hydrogens (primary N) is 1. The highest BCUT2D eigenvalue weighted by atomic mass is 127. The van der Waals surface area contributed by atoms with Gasteiger partial charge in [0.15, 0.2) is 5.96 Å². The Morgan fingerprint density at radius 3 is 2.58 bits per heavy atom. The first-order valence-electron chi connectivity index (χ1n) is 5.50. The molecular weight excluding hydrogens is 367 g/mol. The molecule has 0 amide bonds. The highest BCUT2D eigenvalue weighted by molar-refractivity contribution is 14.0. The quantitative estimate of drug-likeness (QED) is 0.481. The molecule has 0 radical (unpaired) electrons. The minimum absolute atomic E-state index is 0. The average Bonchev–Trinajstić information content (AvgIpc) is 2.30. The molecule has 108 valence electrons. The third kappa shape index (κ3) is 6.55. The number of hydrogen-bond donors (Lipinski definition) is 1. The molecule has 4 nitrogen and oxygen atoms in total. The van der Waals surface area contributed by atoms with E-state index >= 15 is 0 Å². The molecule has 0 saturated heterocycles. The number of guanidine groups is 1. The Morgan fingerprint density at radius 2 is 2.00 bits per heavy atom. The van der Waals surface area contributed by atoms with Crippen LogP contribution in [-0.2, 0) is 6.42 Å². The van der Waals surface area contributed by atoms with Crippen molar-refractivity contribution in [3.05, 3.63) is 29.8 Å². The van der Waals surface area contributed by atoms with Gasteiger partial charge >= 0.3 is 6.61 Å². The maximum atomic E-state index is 12.2. The van der Waals surface area contributed by atoms with Crippen LogP contribution in [0, 0.1) is 0 Å². The van der Waals surface area contributed by atoms with E-state index in [9.17, 15) is 8.78 Å². The van der Waals surface area contributed by atoms with Crippen molar-refractivity contribution in [2.24, 2.45) is 10.7 Å². The van der Waals surface area contributed by atoms with Crippen LogP contribution in [0.1, 0.15) is 5.56 Å². The fourth-order valence-corrected chi connectivity index (χ4v) is 1.35. The predicted molar refractivity (Wildman–Crippen MR) is 82.4 cm³/mol. The Bertz CT molecular complexity index is 414. The second-order valence-corrected chi connectivity index (χ2v) is 3.87. The molecule has 2 N–H and O–H groups in total. The molecule has 1 aromatic carbocycles. The molecule has 0 spiro atoms. The highest BCUT2D eigenvalue weighted by Crippen LogP contribution is 2.20. The number of aliphatic imine (C=N–C) groups is 1. The van der Waals surface area contributed by atoms with Crippen LogP contribution in [0.25, 0.3) is 0 Å². The van der Waals surface area contributed by atoms with Crippen molar-refractivity contribution in [3.63, 3.8) is 0 Å². The van der Waals surface area contributed by atoms with Gasteiger partial charge in [-0.25, -0.2) is 0 Å². The van der Waals surface area contributed by atoms with Crippen molar-refractivity contribution in [2.45, 2.75) is 13.0 Å². The lowest BCUT2D eigenvalue weighted by atomic mass is 10.1. The summed E-state index contributed by atoms with van der Waals surface area (Å²) in [4.78, 5) is 5.80. The number of benzene rings is 1. The minimum Gasteiger partial charge on any atom is -0.435 e. The van der Waals surface area contributed by atoms with Crippen molar-refractivity contribution in [2.75, 3.05) is 20.6 Å². The van der Waals surface area contributed by atoms with Gasteiger partial charge in [0.2, 0.25) is 0 Å². The summed E-state index contributed by atoms with van der Waals surface area (Å²) in [7, 11) is 3.57. The van der Waals surface area contributed by atoms with E-state index in [2.05, 4.69) is 9.73 Å². The van der Waals surface area contributed by atoms with Gasteiger partial charge in [-0.1, -0.05) is 18.2 Å². The van der Waals surface area contributed by atoms with Crippen molar-refractivity contribution < 1.29 is 13.5 Å². The summed E-state index contributed by atoms with van der Waals surface area (Å²) in [5.41, 5.74) is 6.31. The zero-order chi connectivity index (χ0) is 13.5. The Labute approximate surface area is 128 Å². The molecule has 19 heavy (non-hydrogen) atoms. The van der Waals surface area contributed by atoms with Crippen molar-refractivity contribution in [1.29, 1.82) is 0 Å². The molecule has 0 aliphatic rings. The summed E-state index contributed by atoms with van der Waals surface area (Å²) in [6, 6.07) is 6.67. The van der Waals surface area contributed by atoms with Crippen LogP contribution in [0.3, 0.4) is 0 Å². The number of alkyl halides is 2. The molecule has 1 rings (SSSR count). The lowest BCUT2D eigenvalue weighted by molar-refractivity contribution is -0.0504. The molecule has 0 saturated carbocycles. The van der Waals surface area contributed by atoms with Gasteiger partial charge in [0.05, 0.1) is 0 Å². The Hall–Kier alpha value is -1.12. The molecular formula is C12H18F2IN3O. The molecule has 0 atom stereocenters. The zero-order valence-electron chi connectivity index (χ0n) is 10.8. The molecule has 0 bridgehead atoms. The molecule has 0 aliphatic heterocycles. The van der Waals surface area contributed by atoms with Gasteiger partial charge in [0, 0.05) is 20.6 Å². The molecule has 0 fully saturated rings. The van der Waals surface area contributed by atoms with Gasteiger partial charge in [-0.15, -0.1) is 24.0 Å². The van der Waals surface area contributed by atoms with E-state index < -0.39 is 6.61 Å². The van der Waals surface area contributed by atoms with Crippen molar-refractivity contribution >= 4 is 29.9 Å². The van der Waals surface area contributed by atoms with E-state index in [1.54, 1.807) is 37.2 Å². The molecule has 0 aliphatic carbocycles. The standard InChI is InChI=1S/C12H17F2N3O.HI/c1-17(2)12(15)16-8-7-9-5-3-4-6-10(9)18-11(13)14;/h3-6,11H,7-8H2,1-2H3,(H2,15,16);1H. The minimum atomic E-state index is -2.82. The smallest absolute Gasteiger partial charge is 0.387 e. The van der Waals surface area contributed by atoms with Gasteiger partial charge in [0.1, 0.15) is 5.75 Å². The van der Waals surface area contributed by atoms with E-state index in [-0.39, 0.29) is 29.7 Å². The van der Waals surface area contributed by atoms with Crippen LogP contribution in [-0.4, -0.2) is 38.1 Å². The van der Waals surface area contributed by atoms with Crippen molar-refractivity contribution in [1.82, 2.24) is 4.90 Å². The lowest BCUT2D eigenvalue weighted by Gasteiger charge is -2.11. The fraction of sp³-hybridized carbons (Fsp3) is 0.417. The van der Waals surface area contributed by atoms with E-state index in [4.69, 9.17) is 5.73 Å². The second-order valence-electron chi connectivity index (χ2n) is 3.87. The van der Waals surface area contributed by atoms with E-state index in [1.807, 2.05) is 0 Å². The van der Waals surface area contributed by atoms with Gasteiger partial charge in [0.25, 0.3) is 0 Å². The Balaban J connectivity index is 0.00000324. The Kier molecular flexibility index (Phi) is 8.37. The largest absolute Gasteiger partial charge is 0.435 e. The van der Waals surface area contributed by atoms with E-state index in [0.29, 0.717) is 24.5 Å². The number of rotatable bonds is 5. The van der Waals surface area contributed by atoms with Gasteiger partial charge in [-0.2, -0.15) is 8.78 Å². The highest BCUT2D eigenvalue weighted by Gasteiger charge is 2.08. The SMILES string of the molecule is CN(C)C(N)=NCCc1ccccc1OC(F)F.I. The van der Waals surface area contributed by atoms with Crippen LogP contribution < -0.4 is 10.5 Å². The monoisotopic (exact) mass is 385 g/mol. The summed E-state index contributed by atoms with van der Waals surface area (Å²) < 4.78 is 28.8. The molecule has 7 heteroatoms. The number of hydrogen-bond acceptors (Lipinski definition) is 2. The molecule has 0 heterocycles. The van der Waals surface area contributed by atoms with Crippen LogP contribution in [0.2, 0.25) is 0 Å². The summed E-state index contributed by atoms with van der Waals surface area (Å²) in [6.45, 7) is -2.39. The third-order valence-electron chi connectivity index (χ3n) is 2.30. The summed E-state index contributed by atoms with van der Waals surface area (Å²) >= 11 is 0. The molecule has 0 unspecified atom stereocenters. The average molecular weight is 385 g/mol. The maximum Gasteiger partial charge on any atom is 0.387 e. The zero-order valence-corrected chi connectivity index (χ0v) is 13.2. The van der Waals surface area contributed by atoms with Crippen molar-refractivity contribution in [3.8, 4) is 5.75 Å².